The predicted molar refractivity (Wildman–Crippen MR) is 66.9 cm³/mol. The average molecular weight is 272 g/mol. The van der Waals surface area contributed by atoms with Crippen LogP contribution in [0.3, 0.4) is 0 Å². The van der Waals surface area contributed by atoms with Crippen molar-refractivity contribution in [2.24, 2.45) is 0 Å². The molecule has 1 fully saturated rings. The largest absolute Gasteiger partial charge is 0.394 e. The predicted octanol–water partition coefficient (Wildman–Crippen LogP) is 2.00. The second-order valence-corrected chi connectivity index (χ2v) is 4.85. The molecular weight excluding hydrogens is 257 g/mol. The zero-order valence-electron chi connectivity index (χ0n) is 9.90. The summed E-state index contributed by atoms with van der Waals surface area (Å²) in [6.45, 7) is 0.576. The van der Waals surface area contributed by atoms with Crippen LogP contribution in [0.4, 0.5) is 4.39 Å². The maximum Gasteiger partial charge on any atom is 0.227 e. The van der Waals surface area contributed by atoms with E-state index < -0.39 is 5.82 Å². The second kappa shape index (κ2) is 5.67. The molecule has 0 unspecified atom stereocenters. The Morgan fingerprint density at radius 2 is 2.33 bits per heavy atom. The van der Waals surface area contributed by atoms with Crippen molar-refractivity contribution in [2.45, 2.75) is 25.3 Å². The van der Waals surface area contributed by atoms with Gasteiger partial charge in [-0.05, 0) is 25.0 Å². The average Bonchev–Trinajstić information content (AvgIpc) is 2.82. The summed E-state index contributed by atoms with van der Waals surface area (Å²) in [6, 6.07) is 4.24. The van der Waals surface area contributed by atoms with Crippen LogP contribution in [0.2, 0.25) is 5.02 Å². The molecule has 1 atom stereocenters. The van der Waals surface area contributed by atoms with Crippen LogP contribution in [0.25, 0.3) is 0 Å². The maximum atomic E-state index is 13.6. The van der Waals surface area contributed by atoms with Gasteiger partial charge in [-0.25, -0.2) is 4.39 Å². The van der Waals surface area contributed by atoms with Crippen LogP contribution in [-0.2, 0) is 11.2 Å². The molecule has 2 rings (SSSR count). The number of likely N-dealkylation sites (tertiary alicyclic amines) is 1. The van der Waals surface area contributed by atoms with Gasteiger partial charge in [0.2, 0.25) is 5.91 Å². The number of rotatable bonds is 3. The highest BCUT2D eigenvalue weighted by atomic mass is 35.5. The molecule has 18 heavy (non-hydrogen) atoms. The van der Waals surface area contributed by atoms with E-state index >= 15 is 0 Å². The lowest BCUT2D eigenvalue weighted by molar-refractivity contribution is -0.132. The number of hydrogen-bond donors (Lipinski definition) is 1. The molecule has 1 saturated heterocycles. The minimum absolute atomic E-state index is 0.0449. The van der Waals surface area contributed by atoms with Crippen LogP contribution < -0.4 is 0 Å². The molecule has 0 aromatic heterocycles. The molecule has 0 radical (unpaired) electrons. The van der Waals surface area contributed by atoms with Crippen LogP contribution in [0.1, 0.15) is 18.4 Å². The fourth-order valence-corrected chi connectivity index (χ4v) is 2.54. The SMILES string of the molecule is O=C(Cc1c(F)cccc1Cl)N1CCC[C@@H]1CO. The summed E-state index contributed by atoms with van der Waals surface area (Å²) < 4.78 is 13.6. The summed E-state index contributed by atoms with van der Waals surface area (Å²) in [4.78, 5) is 13.7. The lowest BCUT2D eigenvalue weighted by atomic mass is 10.1. The molecule has 1 aromatic carbocycles. The fraction of sp³-hybridized carbons (Fsp3) is 0.462. The first-order valence-corrected chi connectivity index (χ1v) is 6.34. The number of hydrogen-bond acceptors (Lipinski definition) is 2. The van der Waals surface area contributed by atoms with Gasteiger partial charge in [0.1, 0.15) is 5.82 Å². The maximum absolute atomic E-state index is 13.6. The molecule has 1 aromatic rings. The van der Waals surface area contributed by atoms with Crippen LogP contribution in [0, 0.1) is 5.82 Å². The Bertz CT molecular complexity index is 432. The van der Waals surface area contributed by atoms with E-state index in [1.807, 2.05) is 0 Å². The van der Waals surface area contributed by atoms with Crippen LogP contribution >= 0.6 is 11.6 Å². The summed E-state index contributed by atoms with van der Waals surface area (Å²) in [6.07, 6.45) is 1.62. The van der Waals surface area contributed by atoms with Crippen molar-refractivity contribution in [3.63, 3.8) is 0 Å². The molecule has 1 heterocycles. The Hall–Kier alpha value is -1.13. The topological polar surface area (TPSA) is 40.5 Å². The van der Waals surface area contributed by atoms with Gasteiger partial charge in [-0.2, -0.15) is 0 Å². The molecule has 0 bridgehead atoms. The van der Waals surface area contributed by atoms with Crippen molar-refractivity contribution >= 4 is 17.5 Å². The molecule has 98 valence electrons. The highest BCUT2D eigenvalue weighted by Gasteiger charge is 2.28. The summed E-state index contributed by atoms with van der Waals surface area (Å²) in [5.74, 6) is -0.644. The van der Waals surface area contributed by atoms with Crippen LogP contribution in [0.5, 0.6) is 0 Å². The lowest BCUT2D eigenvalue weighted by Crippen LogP contribution is -2.38. The van der Waals surface area contributed by atoms with Gasteiger partial charge in [0, 0.05) is 17.1 Å². The van der Waals surface area contributed by atoms with E-state index in [1.54, 1.807) is 11.0 Å². The Kier molecular flexibility index (Phi) is 4.19. The van der Waals surface area contributed by atoms with Crippen molar-refractivity contribution in [2.75, 3.05) is 13.2 Å². The van der Waals surface area contributed by atoms with Crippen molar-refractivity contribution in [1.82, 2.24) is 4.90 Å². The molecule has 1 amide bonds. The van der Waals surface area contributed by atoms with Gasteiger partial charge in [0.15, 0.2) is 0 Å². The fourth-order valence-electron chi connectivity index (χ4n) is 2.31. The van der Waals surface area contributed by atoms with Gasteiger partial charge in [-0.3, -0.25) is 4.79 Å². The molecule has 0 aliphatic carbocycles. The molecule has 1 N–H and O–H groups in total. The third kappa shape index (κ3) is 2.65. The minimum atomic E-state index is -0.462. The Morgan fingerprint density at radius 3 is 3.00 bits per heavy atom. The molecule has 5 heteroatoms. The highest BCUT2D eigenvalue weighted by Crippen LogP contribution is 2.23. The number of benzene rings is 1. The normalized spacial score (nSPS) is 19.3. The summed E-state index contributed by atoms with van der Waals surface area (Å²) in [5.41, 5.74) is 0.229. The van der Waals surface area contributed by atoms with E-state index in [0.29, 0.717) is 6.54 Å². The van der Waals surface area contributed by atoms with Gasteiger partial charge in [0.25, 0.3) is 0 Å². The van der Waals surface area contributed by atoms with Crippen LogP contribution in [0.15, 0.2) is 18.2 Å². The Morgan fingerprint density at radius 1 is 1.56 bits per heavy atom. The van der Waals surface area contributed by atoms with E-state index in [0.717, 1.165) is 12.8 Å². The summed E-state index contributed by atoms with van der Waals surface area (Å²) in [7, 11) is 0. The van der Waals surface area contributed by atoms with Gasteiger partial charge in [-0.15, -0.1) is 0 Å². The molecule has 0 saturated carbocycles. The van der Waals surface area contributed by atoms with Gasteiger partial charge in [-0.1, -0.05) is 17.7 Å². The van der Waals surface area contributed by atoms with Crippen molar-refractivity contribution in [3.05, 3.63) is 34.6 Å². The van der Waals surface area contributed by atoms with E-state index in [9.17, 15) is 9.18 Å². The lowest BCUT2D eigenvalue weighted by Gasteiger charge is -2.23. The first-order chi connectivity index (χ1) is 8.63. The van der Waals surface area contributed by atoms with E-state index in [4.69, 9.17) is 16.7 Å². The zero-order chi connectivity index (χ0) is 13.1. The number of nitrogens with zero attached hydrogens (tertiary/aromatic N) is 1. The number of carbonyl (C=O) groups excluding carboxylic acids is 1. The molecule has 1 aliphatic heterocycles. The number of carbonyl (C=O) groups is 1. The van der Waals surface area contributed by atoms with Crippen molar-refractivity contribution in [1.29, 1.82) is 0 Å². The monoisotopic (exact) mass is 271 g/mol. The number of amides is 1. The number of aliphatic hydroxyl groups excluding tert-OH is 1. The highest BCUT2D eigenvalue weighted by molar-refractivity contribution is 6.31. The molecule has 0 spiro atoms. The smallest absolute Gasteiger partial charge is 0.227 e. The van der Waals surface area contributed by atoms with E-state index in [1.165, 1.54) is 12.1 Å². The van der Waals surface area contributed by atoms with E-state index in [-0.39, 0.29) is 35.6 Å². The first kappa shape index (κ1) is 13.3. The first-order valence-electron chi connectivity index (χ1n) is 5.96. The Balaban J connectivity index is 2.12. The van der Waals surface area contributed by atoms with Gasteiger partial charge >= 0.3 is 0 Å². The van der Waals surface area contributed by atoms with Crippen molar-refractivity contribution < 1.29 is 14.3 Å². The second-order valence-electron chi connectivity index (χ2n) is 4.44. The van der Waals surface area contributed by atoms with E-state index in [2.05, 4.69) is 0 Å². The number of aliphatic hydroxyl groups is 1. The molecule has 3 nitrogen and oxygen atoms in total. The third-order valence-electron chi connectivity index (χ3n) is 3.30. The van der Waals surface area contributed by atoms with Gasteiger partial charge in [0.05, 0.1) is 19.1 Å². The zero-order valence-corrected chi connectivity index (χ0v) is 10.7. The molecule has 1 aliphatic rings. The van der Waals surface area contributed by atoms with Gasteiger partial charge < -0.3 is 10.0 Å². The summed E-state index contributed by atoms with van der Waals surface area (Å²) in [5, 5.41) is 9.43. The standard InChI is InChI=1S/C13H15ClFNO2/c14-11-4-1-5-12(15)10(11)7-13(18)16-6-2-3-9(16)8-17/h1,4-5,9,17H,2-3,6-8H2/t9-/m1/s1. The molecular formula is C13H15ClFNO2. The third-order valence-corrected chi connectivity index (χ3v) is 3.65. The number of halogens is 2. The Labute approximate surface area is 110 Å². The summed E-state index contributed by atoms with van der Waals surface area (Å²) >= 11 is 5.89. The van der Waals surface area contributed by atoms with Crippen LogP contribution in [-0.4, -0.2) is 35.1 Å². The quantitative estimate of drug-likeness (QED) is 0.914. The minimum Gasteiger partial charge on any atom is -0.394 e. The van der Waals surface area contributed by atoms with Crippen molar-refractivity contribution in [3.8, 4) is 0 Å².